The SMILES string of the molecule is CCC(C)OS(=O)(=O)CO. The lowest BCUT2D eigenvalue weighted by Crippen LogP contribution is -2.16. The first-order valence-electron chi connectivity index (χ1n) is 3.03. The van der Waals surface area contributed by atoms with Crippen LogP contribution in [0.1, 0.15) is 20.3 Å². The molecule has 0 saturated carbocycles. The van der Waals surface area contributed by atoms with Crippen molar-refractivity contribution in [3.8, 4) is 0 Å². The highest BCUT2D eigenvalue weighted by Gasteiger charge is 2.12. The number of aliphatic hydroxyl groups is 1. The summed E-state index contributed by atoms with van der Waals surface area (Å²) in [6.45, 7) is 3.44. The lowest BCUT2D eigenvalue weighted by molar-refractivity contribution is 0.209. The minimum atomic E-state index is -3.68. The predicted molar refractivity (Wildman–Crippen MR) is 36.8 cm³/mol. The molecule has 5 heteroatoms. The lowest BCUT2D eigenvalue weighted by atomic mass is 10.3. The van der Waals surface area contributed by atoms with Gasteiger partial charge in [-0.05, 0) is 13.3 Å². The van der Waals surface area contributed by atoms with E-state index in [0.29, 0.717) is 6.42 Å². The Bertz CT molecular complexity index is 172. The molecular formula is C5H12O4S. The van der Waals surface area contributed by atoms with E-state index in [4.69, 9.17) is 5.11 Å². The van der Waals surface area contributed by atoms with Crippen LogP contribution in [0.5, 0.6) is 0 Å². The molecule has 0 amide bonds. The minimum Gasteiger partial charge on any atom is -0.378 e. The maximum Gasteiger partial charge on any atom is 0.291 e. The Morgan fingerprint density at radius 2 is 2.10 bits per heavy atom. The van der Waals surface area contributed by atoms with Crippen molar-refractivity contribution in [1.29, 1.82) is 0 Å². The van der Waals surface area contributed by atoms with Gasteiger partial charge in [0.25, 0.3) is 10.1 Å². The summed E-state index contributed by atoms with van der Waals surface area (Å²) in [5, 5.41) is 8.23. The third kappa shape index (κ3) is 3.81. The maximum absolute atomic E-state index is 10.5. The number of hydrogen-bond donors (Lipinski definition) is 1. The first-order valence-corrected chi connectivity index (χ1v) is 4.61. The Balaban J connectivity index is 3.90. The highest BCUT2D eigenvalue weighted by molar-refractivity contribution is 7.86. The van der Waals surface area contributed by atoms with Gasteiger partial charge in [0, 0.05) is 0 Å². The molecule has 0 rings (SSSR count). The Hall–Kier alpha value is -0.130. The topological polar surface area (TPSA) is 63.6 Å². The van der Waals surface area contributed by atoms with E-state index in [2.05, 4.69) is 4.18 Å². The van der Waals surface area contributed by atoms with E-state index in [1.165, 1.54) is 0 Å². The Labute approximate surface area is 60.9 Å². The third-order valence-electron chi connectivity index (χ3n) is 1.04. The van der Waals surface area contributed by atoms with Gasteiger partial charge in [-0.3, -0.25) is 4.18 Å². The molecule has 0 aromatic carbocycles. The van der Waals surface area contributed by atoms with Crippen molar-refractivity contribution in [3.63, 3.8) is 0 Å². The zero-order chi connectivity index (χ0) is 8.20. The third-order valence-corrected chi connectivity index (χ3v) is 1.98. The van der Waals surface area contributed by atoms with Gasteiger partial charge < -0.3 is 5.11 Å². The van der Waals surface area contributed by atoms with E-state index in [9.17, 15) is 8.42 Å². The molecule has 62 valence electrons. The first kappa shape index (κ1) is 9.87. The number of aliphatic hydroxyl groups excluding tert-OH is 1. The highest BCUT2D eigenvalue weighted by Crippen LogP contribution is 2.01. The Morgan fingerprint density at radius 3 is 2.40 bits per heavy atom. The van der Waals surface area contributed by atoms with Crippen molar-refractivity contribution in [2.75, 3.05) is 5.94 Å². The molecule has 4 nitrogen and oxygen atoms in total. The van der Waals surface area contributed by atoms with Gasteiger partial charge in [-0.15, -0.1) is 0 Å². The van der Waals surface area contributed by atoms with Crippen LogP contribution in [0.15, 0.2) is 0 Å². The zero-order valence-electron chi connectivity index (χ0n) is 6.07. The molecule has 0 spiro atoms. The van der Waals surface area contributed by atoms with E-state index in [1.807, 2.05) is 0 Å². The zero-order valence-corrected chi connectivity index (χ0v) is 6.89. The summed E-state index contributed by atoms with van der Waals surface area (Å²) in [6.07, 6.45) is 0.260. The molecule has 1 unspecified atom stereocenters. The highest BCUT2D eigenvalue weighted by atomic mass is 32.2. The molecule has 0 fully saturated rings. The molecule has 1 atom stereocenters. The molecule has 0 aromatic rings. The largest absolute Gasteiger partial charge is 0.378 e. The van der Waals surface area contributed by atoms with Crippen LogP contribution >= 0.6 is 0 Å². The summed E-state index contributed by atoms with van der Waals surface area (Å²) in [7, 11) is -3.68. The van der Waals surface area contributed by atoms with Gasteiger partial charge in [0.05, 0.1) is 6.10 Å². The quantitative estimate of drug-likeness (QED) is 0.604. The van der Waals surface area contributed by atoms with Gasteiger partial charge in [-0.25, -0.2) is 0 Å². The molecule has 0 aliphatic rings. The van der Waals surface area contributed by atoms with Crippen molar-refractivity contribution in [3.05, 3.63) is 0 Å². The second kappa shape index (κ2) is 3.90. The Kier molecular flexibility index (Phi) is 3.85. The van der Waals surface area contributed by atoms with E-state index >= 15 is 0 Å². The van der Waals surface area contributed by atoms with Gasteiger partial charge in [0.2, 0.25) is 0 Å². The van der Waals surface area contributed by atoms with Crippen LogP contribution in [-0.4, -0.2) is 25.6 Å². The van der Waals surface area contributed by atoms with Crippen LogP contribution in [0.25, 0.3) is 0 Å². The lowest BCUT2D eigenvalue weighted by Gasteiger charge is -2.07. The summed E-state index contributed by atoms with van der Waals surface area (Å²) in [6, 6.07) is 0. The molecule has 10 heavy (non-hydrogen) atoms. The van der Waals surface area contributed by atoms with Gasteiger partial charge in [-0.2, -0.15) is 8.42 Å². The van der Waals surface area contributed by atoms with Crippen LogP contribution in [-0.2, 0) is 14.3 Å². The van der Waals surface area contributed by atoms with Gasteiger partial charge in [0.15, 0.2) is 5.94 Å². The average Bonchev–Trinajstić information content (AvgIpc) is 1.87. The molecule has 1 N–H and O–H groups in total. The second-order valence-electron chi connectivity index (χ2n) is 2.00. The maximum atomic E-state index is 10.5. The van der Waals surface area contributed by atoms with E-state index in [0.717, 1.165) is 0 Å². The number of rotatable bonds is 4. The molecule has 0 aromatic heterocycles. The normalized spacial score (nSPS) is 15.1. The van der Waals surface area contributed by atoms with Crippen LogP contribution in [0.2, 0.25) is 0 Å². The van der Waals surface area contributed by atoms with Crippen molar-refractivity contribution in [2.24, 2.45) is 0 Å². The fourth-order valence-corrected chi connectivity index (χ4v) is 1.05. The van der Waals surface area contributed by atoms with Crippen molar-refractivity contribution in [2.45, 2.75) is 26.4 Å². The summed E-state index contributed by atoms with van der Waals surface area (Å²) in [5.41, 5.74) is 0. The molecule has 0 aliphatic heterocycles. The van der Waals surface area contributed by atoms with Crippen molar-refractivity contribution < 1.29 is 17.7 Å². The van der Waals surface area contributed by atoms with Crippen LogP contribution in [0, 0.1) is 0 Å². The molecule has 0 heterocycles. The fourth-order valence-electron chi connectivity index (χ4n) is 0.349. The molecular weight excluding hydrogens is 156 g/mol. The summed E-state index contributed by atoms with van der Waals surface area (Å²) < 4.78 is 25.5. The van der Waals surface area contributed by atoms with Gasteiger partial charge in [-0.1, -0.05) is 6.92 Å². The van der Waals surface area contributed by atoms with E-state index < -0.39 is 16.1 Å². The predicted octanol–water partition coefficient (Wildman–Crippen LogP) is 0.0811. The molecule has 0 radical (unpaired) electrons. The summed E-state index contributed by atoms with van der Waals surface area (Å²) in [5.74, 6) is -0.947. The molecule has 0 saturated heterocycles. The van der Waals surface area contributed by atoms with Crippen molar-refractivity contribution >= 4 is 10.1 Å². The Morgan fingerprint density at radius 1 is 1.60 bits per heavy atom. The molecule has 0 aliphatic carbocycles. The first-order chi connectivity index (χ1) is 4.52. The number of hydrogen-bond acceptors (Lipinski definition) is 4. The average molecular weight is 168 g/mol. The van der Waals surface area contributed by atoms with Crippen molar-refractivity contribution in [1.82, 2.24) is 0 Å². The summed E-state index contributed by atoms with van der Waals surface area (Å²) in [4.78, 5) is 0. The van der Waals surface area contributed by atoms with Gasteiger partial charge >= 0.3 is 0 Å². The van der Waals surface area contributed by atoms with E-state index in [-0.39, 0.29) is 6.10 Å². The smallest absolute Gasteiger partial charge is 0.291 e. The van der Waals surface area contributed by atoms with Crippen LogP contribution in [0.4, 0.5) is 0 Å². The van der Waals surface area contributed by atoms with Crippen LogP contribution < -0.4 is 0 Å². The van der Waals surface area contributed by atoms with E-state index in [1.54, 1.807) is 13.8 Å². The van der Waals surface area contributed by atoms with Crippen LogP contribution in [0.3, 0.4) is 0 Å². The summed E-state index contributed by atoms with van der Waals surface area (Å²) >= 11 is 0. The second-order valence-corrected chi connectivity index (χ2v) is 3.57. The molecule has 0 bridgehead atoms. The monoisotopic (exact) mass is 168 g/mol. The standard InChI is InChI=1S/C5H12O4S/c1-3-5(2)9-10(7,8)4-6/h5-6H,3-4H2,1-2H3. The minimum absolute atomic E-state index is 0.350. The fraction of sp³-hybridized carbons (Fsp3) is 1.00. The van der Waals surface area contributed by atoms with Gasteiger partial charge in [0.1, 0.15) is 0 Å².